The molecule has 1 aromatic heterocycles. The lowest BCUT2D eigenvalue weighted by atomic mass is 9.90. The molecule has 2 aromatic carbocycles. The zero-order valence-corrected chi connectivity index (χ0v) is 22.1. The molecule has 0 aliphatic carbocycles. The Bertz CT molecular complexity index is 1340. The maximum Gasteiger partial charge on any atom is 0.339 e. The first-order valence-corrected chi connectivity index (χ1v) is 13.0. The molecule has 2 aliphatic rings. The minimum atomic E-state index is -0.343. The molecule has 1 amide bonds. The number of hydrogen-bond acceptors (Lipinski definition) is 5. The number of ether oxygens (including phenoxy) is 2. The van der Waals surface area contributed by atoms with Gasteiger partial charge in [0, 0.05) is 49.8 Å². The minimum absolute atomic E-state index is 0.0172. The number of carbonyl (C=O) groups excluding carboxylic acids is 2. The lowest BCUT2D eigenvalue weighted by Gasteiger charge is -2.37. The first-order valence-electron chi connectivity index (χ1n) is 13.0. The Labute approximate surface area is 218 Å². The monoisotopic (exact) mass is 501 g/mol. The number of esters is 1. The number of fused-ring (bicyclic) bond motifs is 2. The van der Waals surface area contributed by atoms with Gasteiger partial charge in [-0.25, -0.2) is 4.79 Å². The summed E-state index contributed by atoms with van der Waals surface area (Å²) in [6.45, 7) is 6.68. The van der Waals surface area contributed by atoms with E-state index < -0.39 is 0 Å². The van der Waals surface area contributed by atoms with Gasteiger partial charge in [0.15, 0.2) is 0 Å². The zero-order valence-electron chi connectivity index (χ0n) is 22.1. The first kappa shape index (κ1) is 25.2. The maximum absolute atomic E-state index is 14.4. The van der Waals surface area contributed by atoms with Crippen molar-refractivity contribution < 1.29 is 19.1 Å². The second-order valence-electron chi connectivity index (χ2n) is 9.92. The van der Waals surface area contributed by atoms with E-state index in [0.717, 1.165) is 48.4 Å². The van der Waals surface area contributed by atoms with Gasteiger partial charge in [0.05, 0.1) is 24.8 Å². The standard InChI is InChI=1S/C30H35N3O4/c1-5-37-30(35)25-15-28(32(3)19(25)2)26-13-21-10-11-31-16-23(21)14-27(26)29(34)33-17-22-9-7-6-8-20(22)12-24(33)18-36-4/h6-9,13-15,24,31H,5,10-12,16-18H2,1-4H3/t24-/m0/s1. The molecule has 0 unspecified atom stereocenters. The van der Waals surface area contributed by atoms with E-state index in [1.54, 1.807) is 14.0 Å². The fraction of sp³-hybridized carbons (Fsp3) is 0.400. The van der Waals surface area contributed by atoms with Crippen molar-refractivity contribution in [1.29, 1.82) is 0 Å². The Hall–Kier alpha value is -3.42. The van der Waals surface area contributed by atoms with Crippen LogP contribution in [0.25, 0.3) is 11.3 Å². The molecule has 0 saturated carbocycles. The summed E-state index contributed by atoms with van der Waals surface area (Å²) in [6, 6.07) is 14.3. The third kappa shape index (κ3) is 4.69. The number of hydrogen-bond donors (Lipinski definition) is 1. The fourth-order valence-corrected chi connectivity index (χ4v) is 5.62. The highest BCUT2D eigenvalue weighted by atomic mass is 16.5. The van der Waals surface area contributed by atoms with Crippen molar-refractivity contribution in [2.24, 2.45) is 7.05 Å². The quantitative estimate of drug-likeness (QED) is 0.517. The van der Waals surface area contributed by atoms with Gasteiger partial charge in [-0.05, 0) is 73.7 Å². The molecule has 2 aliphatic heterocycles. The van der Waals surface area contributed by atoms with Gasteiger partial charge in [-0.1, -0.05) is 24.3 Å². The van der Waals surface area contributed by atoms with Crippen molar-refractivity contribution in [3.05, 3.63) is 81.5 Å². The predicted molar refractivity (Wildman–Crippen MR) is 143 cm³/mol. The Morgan fingerprint density at radius 3 is 2.59 bits per heavy atom. The first-order chi connectivity index (χ1) is 17.9. The molecule has 7 heteroatoms. The summed E-state index contributed by atoms with van der Waals surface area (Å²) in [5, 5.41) is 3.43. The van der Waals surface area contributed by atoms with Gasteiger partial charge in [0.2, 0.25) is 0 Å². The molecular weight excluding hydrogens is 466 g/mol. The number of amides is 1. The summed E-state index contributed by atoms with van der Waals surface area (Å²) >= 11 is 0. The number of nitrogens with zero attached hydrogens (tertiary/aromatic N) is 2. The Kier molecular flexibility index (Phi) is 7.17. The molecule has 0 bridgehead atoms. The minimum Gasteiger partial charge on any atom is -0.462 e. The van der Waals surface area contributed by atoms with Crippen molar-refractivity contribution in [2.45, 2.75) is 45.8 Å². The van der Waals surface area contributed by atoms with Crippen LogP contribution in [0.2, 0.25) is 0 Å². The number of rotatable bonds is 6. The number of carbonyl (C=O) groups is 2. The maximum atomic E-state index is 14.4. The molecule has 1 atom stereocenters. The average molecular weight is 502 g/mol. The van der Waals surface area contributed by atoms with Crippen molar-refractivity contribution >= 4 is 11.9 Å². The highest BCUT2D eigenvalue weighted by Crippen LogP contribution is 2.34. The zero-order chi connectivity index (χ0) is 26.1. The lowest BCUT2D eigenvalue weighted by molar-refractivity contribution is 0.0476. The van der Waals surface area contributed by atoms with Crippen LogP contribution >= 0.6 is 0 Å². The van der Waals surface area contributed by atoms with E-state index in [2.05, 4.69) is 29.6 Å². The molecule has 194 valence electrons. The van der Waals surface area contributed by atoms with Gasteiger partial charge < -0.3 is 24.3 Å². The van der Waals surface area contributed by atoms with Gasteiger partial charge in [0.25, 0.3) is 5.91 Å². The van der Waals surface area contributed by atoms with Gasteiger partial charge in [-0.2, -0.15) is 0 Å². The molecule has 5 rings (SSSR count). The summed E-state index contributed by atoms with van der Waals surface area (Å²) in [4.78, 5) is 29.0. The van der Waals surface area contributed by atoms with Crippen molar-refractivity contribution in [2.75, 3.05) is 26.9 Å². The number of nitrogens with one attached hydrogen (secondary N) is 1. The van der Waals surface area contributed by atoms with Crippen LogP contribution < -0.4 is 5.32 Å². The highest BCUT2D eigenvalue weighted by molar-refractivity contribution is 6.02. The SMILES string of the molecule is CCOC(=O)c1cc(-c2cc3c(cc2C(=O)N2Cc4ccccc4C[C@H]2COC)CNCC3)n(C)c1C. The second-order valence-corrected chi connectivity index (χ2v) is 9.92. The average Bonchev–Trinajstić information content (AvgIpc) is 3.21. The van der Waals surface area contributed by atoms with Crippen molar-refractivity contribution in [3.8, 4) is 11.3 Å². The molecule has 0 saturated heterocycles. The van der Waals surface area contributed by atoms with Crippen LogP contribution in [-0.4, -0.2) is 54.3 Å². The molecule has 3 heterocycles. The van der Waals surface area contributed by atoms with Crippen LogP contribution in [0.5, 0.6) is 0 Å². The molecule has 37 heavy (non-hydrogen) atoms. The Morgan fingerprint density at radius 1 is 1.05 bits per heavy atom. The number of aromatic nitrogens is 1. The molecule has 1 N–H and O–H groups in total. The van der Waals surface area contributed by atoms with Crippen LogP contribution in [0.3, 0.4) is 0 Å². The molecule has 7 nitrogen and oxygen atoms in total. The van der Waals surface area contributed by atoms with Gasteiger partial charge in [-0.15, -0.1) is 0 Å². The van der Waals surface area contributed by atoms with E-state index in [1.165, 1.54) is 16.7 Å². The van der Waals surface area contributed by atoms with E-state index in [1.807, 2.05) is 41.6 Å². The van der Waals surface area contributed by atoms with Crippen molar-refractivity contribution in [1.82, 2.24) is 14.8 Å². The highest BCUT2D eigenvalue weighted by Gasteiger charge is 2.33. The van der Waals surface area contributed by atoms with Crippen LogP contribution in [0.15, 0.2) is 42.5 Å². The smallest absolute Gasteiger partial charge is 0.339 e. The molecule has 0 radical (unpaired) electrons. The van der Waals surface area contributed by atoms with E-state index in [4.69, 9.17) is 9.47 Å². The van der Waals surface area contributed by atoms with Crippen molar-refractivity contribution in [3.63, 3.8) is 0 Å². The summed E-state index contributed by atoms with van der Waals surface area (Å²) in [6.07, 6.45) is 1.65. The fourth-order valence-electron chi connectivity index (χ4n) is 5.62. The summed E-state index contributed by atoms with van der Waals surface area (Å²) < 4.78 is 12.8. The molecular formula is C30H35N3O4. The van der Waals surface area contributed by atoms with E-state index in [0.29, 0.717) is 30.9 Å². The topological polar surface area (TPSA) is 72.8 Å². The molecule has 0 spiro atoms. The molecule has 3 aromatic rings. The summed E-state index contributed by atoms with van der Waals surface area (Å²) in [7, 11) is 3.62. The van der Waals surface area contributed by atoms with Crippen LogP contribution in [0.1, 0.15) is 55.6 Å². The van der Waals surface area contributed by atoms with Gasteiger partial charge >= 0.3 is 5.97 Å². The Morgan fingerprint density at radius 2 is 1.84 bits per heavy atom. The lowest BCUT2D eigenvalue weighted by Crippen LogP contribution is -2.46. The van der Waals surface area contributed by atoms with Crippen LogP contribution in [0, 0.1) is 6.92 Å². The number of benzene rings is 2. The van der Waals surface area contributed by atoms with E-state index >= 15 is 0 Å². The third-order valence-electron chi connectivity index (χ3n) is 7.74. The van der Waals surface area contributed by atoms with E-state index in [9.17, 15) is 9.59 Å². The summed E-state index contributed by atoms with van der Waals surface area (Å²) in [5.74, 6) is -0.360. The predicted octanol–water partition coefficient (Wildman–Crippen LogP) is 4.04. The Balaban J connectivity index is 1.63. The van der Waals surface area contributed by atoms with Gasteiger partial charge in [0.1, 0.15) is 0 Å². The van der Waals surface area contributed by atoms with Crippen LogP contribution in [-0.2, 0) is 42.5 Å². The normalized spacial score (nSPS) is 16.8. The summed E-state index contributed by atoms with van der Waals surface area (Å²) in [5.41, 5.74) is 8.50. The largest absolute Gasteiger partial charge is 0.462 e. The molecule has 0 fully saturated rings. The van der Waals surface area contributed by atoms with Crippen LogP contribution in [0.4, 0.5) is 0 Å². The second kappa shape index (κ2) is 10.5. The van der Waals surface area contributed by atoms with E-state index in [-0.39, 0.29) is 17.9 Å². The number of methoxy groups -OCH3 is 1. The van der Waals surface area contributed by atoms with Gasteiger partial charge in [-0.3, -0.25) is 4.79 Å². The third-order valence-corrected chi connectivity index (χ3v) is 7.74.